The number of rotatable bonds is 7. The summed E-state index contributed by atoms with van der Waals surface area (Å²) in [6.45, 7) is 0. The van der Waals surface area contributed by atoms with Gasteiger partial charge in [0.15, 0.2) is 11.5 Å². The molecule has 29 heavy (non-hydrogen) atoms. The number of hydrazone groups is 1. The summed E-state index contributed by atoms with van der Waals surface area (Å²) in [5.74, 6) is 0.778. The molecular formula is C22H21N3O4. The van der Waals surface area contributed by atoms with Gasteiger partial charge in [-0.15, -0.1) is 0 Å². The smallest absolute Gasteiger partial charge is 0.271 e. The van der Waals surface area contributed by atoms with E-state index in [-0.39, 0.29) is 0 Å². The molecule has 7 heteroatoms. The quantitative estimate of drug-likeness (QED) is 0.494. The Morgan fingerprint density at radius 1 is 0.828 bits per heavy atom. The van der Waals surface area contributed by atoms with E-state index in [1.165, 1.54) is 21.3 Å². The second-order valence-corrected chi connectivity index (χ2v) is 5.92. The fourth-order valence-corrected chi connectivity index (χ4v) is 2.78. The van der Waals surface area contributed by atoms with Gasteiger partial charge in [-0.05, 0) is 24.3 Å². The monoisotopic (exact) mass is 391 g/mol. The summed E-state index contributed by atoms with van der Waals surface area (Å²) in [5.41, 5.74) is 5.25. The van der Waals surface area contributed by atoms with E-state index < -0.39 is 5.91 Å². The first kappa shape index (κ1) is 19.9. The van der Waals surface area contributed by atoms with E-state index in [0.717, 1.165) is 11.1 Å². The lowest BCUT2D eigenvalue weighted by atomic mass is 10.0. The highest BCUT2D eigenvalue weighted by Crippen LogP contribution is 2.38. The van der Waals surface area contributed by atoms with Crippen LogP contribution in [0.15, 0.2) is 72.1 Å². The normalized spacial score (nSPS) is 10.9. The van der Waals surface area contributed by atoms with Crippen LogP contribution in [-0.4, -0.2) is 37.9 Å². The zero-order chi connectivity index (χ0) is 20.6. The molecule has 0 fully saturated rings. The Morgan fingerprint density at radius 3 is 1.97 bits per heavy atom. The van der Waals surface area contributed by atoms with Crippen molar-refractivity contribution in [3.05, 3.63) is 83.7 Å². The molecular weight excluding hydrogens is 370 g/mol. The van der Waals surface area contributed by atoms with Gasteiger partial charge >= 0.3 is 0 Å². The molecule has 148 valence electrons. The largest absolute Gasteiger partial charge is 0.493 e. The van der Waals surface area contributed by atoms with Crippen molar-refractivity contribution < 1.29 is 19.0 Å². The fourth-order valence-electron chi connectivity index (χ4n) is 2.78. The average molecular weight is 391 g/mol. The van der Waals surface area contributed by atoms with E-state index in [4.69, 9.17) is 14.2 Å². The minimum atomic E-state index is -0.410. The molecule has 0 aliphatic carbocycles. The third kappa shape index (κ3) is 4.52. The van der Waals surface area contributed by atoms with Gasteiger partial charge in [-0.1, -0.05) is 30.3 Å². The maximum Gasteiger partial charge on any atom is 0.271 e. The first-order valence-corrected chi connectivity index (χ1v) is 8.81. The molecule has 0 unspecified atom stereocenters. The van der Waals surface area contributed by atoms with Crippen molar-refractivity contribution in [2.75, 3.05) is 21.3 Å². The molecule has 1 amide bonds. The Hall–Kier alpha value is -3.87. The molecule has 0 saturated heterocycles. The van der Waals surface area contributed by atoms with Crippen LogP contribution in [0.5, 0.6) is 17.2 Å². The third-order valence-electron chi connectivity index (χ3n) is 4.20. The number of nitrogens with zero attached hydrogens (tertiary/aromatic N) is 2. The summed E-state index contributed by atoms with van der Waals surface area (Å²) in [7, 11) is 4.49. The molecule has 0 aliphatic heterocycles. The SMILES string of the molecule is COc1cc(C(=O)NN=C(c2ccccc2)c2ccncc2)cc(OC)c1OC. The number of nitrogens with one attached hydrogen (secondary N) is 1. The van der Waals surface area contributed by atoms with Gasteiger partial charge < -0.3 is 14.2 Å². The Kier molecular flexibility index (Phi) is 6.42. The summed E-state index contributed by atoms with van der Waals surface area (Å²) in [6.07, 6.45) is 3.35. The van der Waals surface area contributed by atoms with Crippen LogP contribution in [0.4, 0.5) is 0 Å². The zero-order valence-corrected chi connectivity index (χ0v) is 16.4. The number of methoxy groups -OCH3 is 3. The molecule has 0 spiro atoms. The first-order chi connectivity index (χ1) is 14.2. The Morgan fingerprint density at radius 2 is 1.41 bits per heavy atom. The molecule has 1 aromatic heterocycles. The Balaban J connectivity index is 1.95. The number of carbonyl (C=O) groups excluding carboxylic acids is 1. The van der Waals surface area contributed by atoms with Crippen molar-refractivity contribution >= 4 is 11.6 Å². The summed E-state index contributed by atoms with van der Waals surface area (Å²) < 4.78 is 15.9. The van der Waals surface area contributed by atoms with E-state index in [1.807, 2.05) is 42.5 Å². The van der Waals surface area contributed by atoms with Crippen LogP contribution in [0.1, 0.15) is 21.5 Å². The number of benzene rings is 2. The summed E-state index contributed by atoms with van der Waals surface area (Å²) >= 11 is 0. The van der Waals surface area contributed by atoms with Crippen LogP contribution in [0.3, 0.4) is 0 Å². The van der Waals surface area contributed by atoms with Gasteiger partial charge in [-0.3, -0.25) is 9.78 Å². The van der Waals surface area contributed by atoms with E-state index in [9.17, 15) is 4.79 Å². The average Bonchev–Trinajstić information content (AvgIpc) is 2.79. The number of carbonyl (C=O) groups is 1. The Bertz CT molecular complexity index is 939. The number of hydrogen-bond donors (Lipinski definition) is 1. The first-order valence-electron chi connectivity index (χ1n) is 8.81. The second kappa shape index (κ2) is 9.36. The Labute approximate surface area is 169 Å². The summed E-state index contributed by atoms with van der Waals surface area (Å²) in [6, 6.07) is 16.4. The molecule has 1 N–H and O–H groups in total. The van der Waals surface area contributed by atoms with E-state index in [1.54, 1.807) is 24.5 Å². The highest BCUT2D eigenvalue weighted by molar-refractivity contribution is 6.13. The fraction of sp³-hybridized carbons (Fsp3) is 0.136. The van der Waals surface area contributed by atoms with Gasteiger partial charge in [0.2, 0.25) is 5.75 Å². The number of hydrogen-bond acceptors (Lipinski definition) is 6. The van der Waals surface area contributed by atoms with Crippen molar-refractivity contribution in [2.45, 2.75) is 0 Å². The van der Waals surface area contributed by atoms with Crippen LogP contribution in [0, 0.1) is 0 Å². The lowest BCUT2D eigenvalue weighted by molar-refractivity contribution is 0.0954. The molecule has 3 rings (SSSR count). The molecule has 2 aromatic carbocycles. The van der Waals surface area contributed by atoms with Crippen molar-refractivity contribution in [2.24, 2.45) is 5.10 Å². The van der Waals surface area contributed by atoms with Crippen LogP contribution < -0.4 is 19.6 Å². The number of amides is 1. The van der Waals surface area contributed by atoms with Gasteiger partial charge in [0.25, 0.3) is 5.91 Å². The molecule has 0 aliphatic rings. The summed E-state index contributed by atoms with van der Waals surface area (Å²) in [4.78, 5) is 16.8. The van der Waals surface area contributed by atoms with Gasteiger partial charge in [-0.25, -0.2) is 5.43 Å². The topological polar surface area (TPSA) is 82.0 Å². The number of pyridine rings is 1. The molecule has 0 saturated carbocycles. The van der Waals surface area contributed by atoms with Crippen LogP contribution in [0.2, 0.25) is 0 Å². The molecule has 1 heterocycles. The summed E-state index contributed by atoms with van der Waals surface area (Å²) in [5, 5.41) is 4.37. The molecule has 3 aromatic rings. The van der Waals surface area contributed by atoms with Crippen molar-refractivity contribution in [3.63, 3.8) is 0 Å². The lowest BCUT2D eigenvalue weighted by Gasteiger charge is -2.13. The maximum absolute atomic E-state index is 12.8. The predicted octanol–water partition coefficient (Wildman–Crippen LogP) is 3.29. The highest BCUT2D eigenvalue weighted by Gasteiger charge is 2.17. The van der Waals surface area contributed by atoms with Crippen molar-refractivity contribution in [1.29, 1.82) is 0 Å². The van der Waals surface area contributed by atoms with E-state index in [2.05, 4.69) is 15.5 Å². The van der Waals surface area contributed by atoms with E-state index >= 15 is 0 Å². The van der Waals surface area contributed by atoms with Crippen LogP contribution >= 0.6 is 0 Å². The molecule has 0 bridgehead atoms. The molecule has 7 nitrogen and oxygen atoms in total. The lowest BCUT2D eigenvalue weighted by Crippen LogP contribution is -2.21. The van der Waals surface area contributed by atoms with Gasteiger partial charge in [0.1, 0.15) is 0 Å². The number of aromatic nitrogens is 1. The molecule has 0 atom stereocenters. The predicted molar refractivity (Wildman–Crippen MR) is 110 cm³/mol. The van der Waals surface area contributed by atoms with E-state index in [0.29, 0.717) is 28.5 Å². The zero-order valence-electron chi connectivity index (χ0n) is 16.4. The van der Waals surface area contributed by atoms with Gasteiger partial charge in [0.05, 0.1) is 27.0 Å². The minimum absolute atomic E-state index is 0.324. The third-order valence-corrected chi connectivity index (χ3v) is 4.20. The van der Waals surface area contributed by atoms with Crippen molar-refractivity contribution in [1.82, 2.24) is 10.4 Å². The second-order valence-electron chi connectivity index (χ2n) is 5.92. The van der Waals surface area contributed by atoms with Crippen molar-refractivity contribution in [3.8, 4) is 17.2 Å². The molecule has 0 radical (unpaired) electrons. The van der Waals surface area contributed by atoms with Gasteiger partial charge in [0, 0.05) is 29.1 Å². The number of ether oxygens (including phenoxy) is 3. The van der Waals surface area contributed by atoms with Gasteiger partial charge in [-0.2, -0.15) is 5.10 Å². The standard InChI is InChI=1S/C22H21N3O4/c1-27-18-13-17(14-19(28-2)21(18)29-3)22(26)25-24-20(15-7-5-4-6-8-15)16-9-11-23-12-10-16/h4-14H,1-3H3,(H,25,26). The van der Waals surface area contributed by atoms with Crippen LogP contribution in [-0.2, 0) is 0 Å². The minimum Gasteiger partial charge on any atom is -0.493 e. The maximum atomic E-state index is 12.8. The highest BCUT2D eigenvalue weighted by atomic mass is 16.5. The van der Waals surface area contributed by atoms with Crippen LogP contribution in [0.25, 0.3) is 0 Å².